The minimum atomic E-state index is -0.129. The number of carbonyl (C=O) groups is 1. The third kappa shape index (κ3) is 2.06. The lowest BCUT2D eigenvalue weighted by Gasteiger charge is -2.57. The van der Waals surface area contributed by atoms with Crippen LogP contribution in [0.1, 0.15) is 72.1 Å². The number of rotatable bonds is 1. The molecule has 2 nitrogen and oxygen atoms in total. The molecule has 4 aliphatic rings. The van der Waals surface area contributed by atoms with Crippen molar-refractivity contribution in [1.82, 2.24) is 0 Å². The quantitative estimate of drug-likeness (QED) is 0.722. The molecule has 128 valence electrons. The van der Waals surface area contributed by atoms with Crippen molar-refractivity contribution in [3.8, 4) is 0 Å². The van der Waals surface area contributed by atoms with Gasteiger partial charge in [0.2, 0.25) is 0 Å². The molecule has 0 spiro atoms. The molecular formula is C21H32O2. The second kappa shape index (κ2) is 5.18. The minimum absolute atomic E-state index is 0.0439. The molecule has 3 fully saturated rings. The van der Waals surface area contributed by atoms with Gasteiger partial charge in [-0.1, -0.05) is 38.8 Å². The maximum Gasteiger partial charge on any atom is 0.139 e. The molecular weight excluding hydrogens is 284 g/mol. The molecule has 0 bridgehead atoms. The summed E-state index contributed by atoms with van der Waals surface area (Å²) in [7, 11) is 0. The average molecular weight is 316 g/mol. The summed E-state index contributed by atoms with van der Waals surface area (Å²) in [5.41, 5.74) is 1.77. The van der Waals surface area contributed by atoms with Gasteiger partial charge in [0, 0.05) is 11.8 Å². The summed E-state index contributed by atoms with van der Waals surface area (Å²) in [5, 5.41) is 10.1. The molecule has 1 N–H and O–H groups in total. The van der Waals surface area contributed by atoms with E-state index in [-0.39, 0.29) is 16.9 Å². The maximum atomic E-state index is 12.7. The zero-order chi connectivity index (χ0) is 16.4. The Morgan fingerprint density at radius 3 is 2.65 bits per heavy atom. The van der Waals surface area contributed by atoms with Gasteiger partial charge in [-0.2, -0.15) is 0 Å². The fraction of sp³-hybridized carbons (Fsp3) is 0.857. The number of Topliss-reactive ketones (excluding diaryl/α,β-unsaturated/α-hetero) is 1. The molecule has 0 aliphatic heterocycles. The SMILES string of the molecule is CCC1CC(=O)[C@@]2(C)CC[C@@H]3[C@@H](CC=C4CC(O)CC[C@@]43C)[C@H]12. The summed E-state index contributed by atoms with van der Waals surface area (Å²) >= 11 is 0. The highest BCUT2D eigenvalue weighted by atomic mass is 16.3. The zero-order valence-electron chi connectivity index (χ0n) is 15.0. The Balaban J connectivity index is 1.72. The van der Waals surface area contributed by atoms with Gasteiger partial charge in [0.05, 0.1) is 6.10 Å². The van der Waals surface area contributed by atoms with Gasteiger partial charge >= 0.3 is 0 Å². The third-order valence-electron chi connectivity index (χ3n) is 8.45. The van der Waals surface area contributed by atoms with Gasteiger partial charge in [0.1, 0.15) is 5.78 Å². The van der Waals surface area contributed by atoms with E-state index in [1.807, 2.05) is 0 Å². The largest absolute Gasteiger partial charge is 0.393 e. The molecule has 0 aromatic heterocycles. The first-order chi connectivity index (χ1) is 10.9. The monoisotopic (exact) mass is 316 g/mol. The topological polar surface area (TPSA) is 37.3 Å². The summed E-state index contributed by atoms with van der Waals surface area (Å²) in [6.45, 7) is 7.01. The zero-order valence-corrected chi connectivity index (χ0v) is 15.0. The number of aliphatic hydroxyl groups excluding tert-OH is 1. The summed E-state index contributed by atoms with van der Waals surface area (Å²) in [6, 6.07) is 0. The van der Waals surface area contributed by atoms with Crippen LogP contribution in [-0.2, 0) is 4.79 Å². The van der Waals surface area contributed by atoms with Crippen LogP contribution in [0.5, 0.6) is 0 Å². The molecule has 3 saturated carbocycles. The fourth-order valence-electron chi connectivity index (χ4n) is 7.09. The molecule has 7 atom stereocenters. The number of aliphatic hydroxyl groups is 1. The lowest BCUT2D eigenvalue weighted by atomic mass is 9.47. The molecule has 0 aromatic rings. The van der Waals surface area contributed by atoms with E-state index in [0.29, 0.717) is 23.5 Å². The molecule has 2 heteroatoms. The molecule has 0 heterocycles. The van der Waals surface area contributed by atoms with Crippen molar-refractivity contribution >= 4 is 5.78 Å². The second-order valence-corrected chi connectivity index (χ2v) is 9.33. The van der Waals surface area contributed by atoms with Crippen LogP contribution >= 0.6 is 0 Å². The number of carbonyl (C=O) groups excluding carboxylic acids is 1. The van der Waals surface area contributed by atoms with Crippen molar-refractivity contribution in [1.29, 1.82) is 0 Å². The first-order valence-electron chi connectivity index (χ1n) is 9.81. The standard InChI is InChI=1S/C21H32O2/c1-4-13-11-18(23)21(3)10-8-17-16(19(13)21)6-5-14-12-15(22)7-9-20(14,17)2/h5,13,15-17,19,22H,4,6-12H2,1-3H3/t13?,15?,16-,17-,19+,20+,21-/m1/s1. The van der Waals surface area contributed by atoms with Gasteiger partial charge < -0.3 is 5.11 Å². The molecule has 2 unspecified atom stereocenters. The Hall–Kier alpha value is -0.630. The fourth-order valence-corrected chi connectivity index (χ4v) is 7.09. The van der Waals surface area contributed by atoms with E-state index in [2.05, 4.69) is 26.8 Å². The third-order valence-corrected chi connectivity index (χ3v) is 8.45. The molecule has 0 saturated heterocycles. The van der Waals surface area contributed by atoms with Crippen LogP contribution in [0.2, 0.25) is 0 Å². The van der Waals surface area contributed by atoms with E-state index in [9.17, 15) is 9.90 Å². The molecule has 0 radical (unpaired) electrons. The molecule has 0 aromatic carbocycles. The Bertz CT molecular complexity index is 550. The number of fused-ring (bicyclic) bond motifs is 5. The maximum absolute atomic E-state index is 12.7. The van der Waals surface area contributed by atoms with Crippen LogP contribution in [0.4, 0.5) is 0 Å². The van der Waals surface area contributed by atoms with E-state index < -0.39 is 0 Å². The van der Waals surface area contributed by atoms with E-state index in [0.717, 1.165) is 50.9 Å². The van der Waals surface area contributed by atoms with E-state index in [1.165, 1.54) is 12.0 Å². The average Bonchev–Trinajstić information content (AvgIpc) is 2.79. The smallest absolute Gasteiger partial charge is 0.139 e. The Kier molecular flexibility index (Phi) is 3.58. The van der Waals surface area contributed by atoms with E-state index >= 15 is 0 Å². The first kappa shape index (κ1) is 15.9. The molecule has 4 rings (SSSR count). The summed E-state index contributed by atoms with van der Waals surface area (Å²) < 4.78 is 0. The lowest BCUT2D eigenvalue weighted by Crippen LogP contribution is -2.51. The normalized spacial score (nSPS) is 52.4. The van der Waals surface area contributed by atoms with Crippen LogP contribution < -0.4 is 0 Å². The summed E-state index contributed by atoms with van der Waals surface area (Å²) in [6.07, 6.45) is 10.7. The highest BCUT2D eigenvalue weighted by molar-refractivity contribution is 5.87. The highest BCUT2D eigenvalue weighted by Gasteiger charge is 2.61. The molecule has 4 aliphatic carbocycles. The molecule has 23 heavy (non-hydrogen) atoms. The minimum Gasteiger partial charge on any atom is -0.393 e. The summed E-state index contributed by atoms with van der Waals surface area (Å²) in [5.74, 6) is 3.17. The van der Waals surface area contributed by atoms with Gasteiger partial charge in [-0.25, -0.2) is 0 Å². The number of hydrogen-bond acceptors (Lipinski definition) is 2. The van der Waals surface area contributed by atoms with Gasteiger partial charge in [-0.15, -0.1) is 0 Å². The van der Waals surface area contributed by atoms with Crippen molar-refractivity contribution in [3.63, 3.8) is 0 Å². The van der Waals surface area contributed by atoms with Crippen LogP contribution in [0, 0.1) is 34.5 Å². The molecule has 0 amide bonds. The van der Waals surface area contributed by atoms with Crippen molar-refractivity contribution in [2.75, 3.05) is 0 Å². The van der Waals surface area contributed by atoms with Crippen molar-refractivity contribution in [3.05, 3.63) is 11.6 Å². The van der Waals surface area contributed by atoms with Gasteiger partial charge in [-0.3, -0.25) is 4.79 Å². The Morgan fingerprint density at radius 1 is 1.17 bits per heavy atom. The highest BCUT2D eigenvalue weighted by Crippen LogP contribution is 2.65. The number of allylic oxidation sites excluding steroid dienone is 1. The van der Waals surface area contributed by atoms with Crippen LogP contribution in [0.3, 0.4) is 0 Å². The van der Waals surface area contributed by atoms with Crippen LogP contribution in [0.25, 0.3) is 0 Å². The summed E-state index contributed by atoms with van der Waals surface area (Å²) in [4.78, 5) is 12.7. The second-order valence-electron chi connectivity index (χ2n) is 9.33. The van der Waals surface area contributed by atoms with Gasteiger partial charge in [0.25, 0.3) is 0 Å². The van der Waals surface area contributed by atoms with Crippen molar-refractivity contribution < 1.29 is 9.90 Å². The lowest BCUT2D eigenvalue weighted by molar-refractivity contribution is -0.132. The van der Waals surface area contributed by atoms with Crippen molar-refractivity contribution in [2.24, 2.45) is 34.5 Å². The van der Waals surface area contributed by atoms with E-state index in [4.69, 9.17) is 0 Å². The predicted molar refractivity (Wildman–Crippen MR) is 91.9 cm³/mol. The number of hydrogen-bond donors (Lipinski definition) is 1. The van der Waals surface area contributed by atoms with Gasteiger partial charge in [0.15, 0.2) is 0 Å². The Labute approximate surface area is 140 Å². The first-order valence-corrected chi connectivity index (χ1v) is 9.81. The number of ketones is 1. The van der Waals surface area contributed by atoms with Crippen molar-refractivity contribution in [2.45, 2.75) is 78.2 Å². The predicted octanol–water partition coefficient (Wildman–Crippen LogP) is 4.52. The van der Waals surface area contributed by atoms with Crippen LogP contribution in [-0.4, -0.2) is 17.0 Å². The van der Waals surface area contributed by atoms with Gasteiger partial charge in [-0.05, 0) is 67.6 Å². The Morgan fingerprint density at radius 2 is 1.91 bits per heavy atom. The van der Waals surface area contributed by atoms with E-state index in [1.54, 1.807) is 0 Å². The van der Waals surface area contributed by atoms with Crippen LogP contribution in [0.15, 0.2) is 11.6 Å².